The van der Waals surface area contributed by atoms with E-state index < -0.39 is 22.1 Å². The normalized spacial score (nSPS) is 21.1. The third-order valence-electron chi connectivity index (χ3n) is 4.79. The molecule has 2 atom stereocenters. The molecule has 0 radical (unpaired) electrons. The van der Waals surface area contributed by atoms with Crippen molar-refractivity contribution in [3.8, 4) is 11.6 Å². The van der Waals surface area contributed by atoms with Crippen LogP contribution in [0.3, 0.4) is 0 Å². The quantitative estimate of drug-likeness (QED) is 0.782. The fourth-order valence-corrected chi connectivity index (χ4v) is 4.91. The van der Waals surface area contributed by atoms with E-state index in [1.54, 1.807) is 0 Å². The predicted octanol–water partition coefficient (Wildman–Crippen LogP) is 2.49. The van der Waals surface area contributed by atoms with Crippen molar-refractivity contribution in [1.82, 2.24) is 9.88 Å². The molecule has 2 aliphatic rings. The van der Waals surface area contributed by atoms with Crippen molar-refractivity contribution in [3.05, 3.63) is 41.0 Å². The van der Waals surface area contributed by atoms with Gasteiger partial charge in [0.25, 0.3) is 15.9 Å². The Balaban J connectivity index is 1.67. The van der Waals surface area contributed by atoms with Crippen molar-refractivity contribution in [2.75, 3.05) is 25.0 Å². The molecular weight excluding hydrogens is 425 g/mol. The second kappa shape index (κ2) is 7.34. The van der Waals surface area contributed by atoms with Crippen LogP contribution in [0.15, 0.2) is 35.4 Å². The first-order valence-corrected chi connectivity index (χ1v) is 10.6. The lowest BCUT2D eigenvalue weighted by Crippen LogP contribution is -2.36. The van der Waals surface area contributed by atoms with Crippen LogP contribution in [0.5, 0.6) is 11.6 Å². The molecule has 1 fully saturated rings. The molecule has 11 heteroatoms. The van der Waals surface area contributed by atoms with Gasteiger partial charge in [0.05, 0.1) is 31.6 Å². The summed E-state index contributed by atoms with van der Waals surface area (Å²) < 4.78 is 52.4. The van der Waals surface area contributed by atoms with E-state index in [4.69, 9.17) is 21.1 Å². The van der Waals surface area contributed by atoms with Crippen molar-refractivity contribution in [1.29, 1.82) is 0 Å². The molecule has 0 bridgehead atoms. The molecule has 3 heterocycles. The molecule has 2 aliphatic heterocycles. The van der Waals surface area contributed by atoms with Crippen LogP contribution in [0.25, 0.3) is 0 Å². The standard InChI is InChI=1S/C18H17ClFN3O5S/c1-27-15-3-2-10(19)4-16(15)29(25,26)22-12-6-14-17(21-7-12)28-9-13-5-11(20)8-23(13)18(14)24/h2-4,6-7,11,13,22H,5,8-9H2,1H3/t11-,13+/m0/s1. The first-order valence-electron chi connectivity index (χ1n) is 8.72. The number of ether oxygens (including phenoxy) is 2. The van der Waals surface area contributed by atoms with Crippen LogP contribution in [0.2, 0.25) is 5.02 Å². The second-order valence-corrected chi connectivity index (χ2v) is 8.82. The number of hydrogen-bond donors (Lipinski definition) is 1. The summed E-state index contributed by atoms with van der Waals surface area (Å²) in [5.41, 5.74) is 0.122. The largest absolute Gasteiger partial charge is 0.495 e. The van der Waals surface area contributed by atoms with Crippen molar-refractivity contribution in [2.45, 2.75) is 23.5 Å². The Kier molecular flexibility index (Phi) is 4.99. The Labute approximate surface area is 171 Å². The number of nitrogens with one attached hydrogen (secondary N) is 1. The molecule has 8 nitrogen and oxygen atoms in total. The molecule has 1 aromatic heterocycles. The molecule has 0 aliphatic carbocycles. The van der Waals surface area contributed by atoms with Crippen molar-refractivity contribution < 1.29 is 27.1 Å². The number of aromatic nitrogens is 1. The number of halogens is 2. The van der Waals surface area contributed by atoms with Gasteiger partial charge in [0, 0.05) is 11.4 Å². The van der Waals surface area contributed by atoms with Crippen molar-refractivity contribution in [2.24, 2.45) is 0 Å². The minimum absolute atomic E-state index is 0.0258. The fraction of sp³-hybridized carbons (Fsp3) is 0.333. The lowest BCUT2D eigenvalue weighted by Gasteiger charge is -2.20. The zero-order chi connectivity index (χ0) is 20.8. The molecule has 0 unspecified atom stereocenters. The van der Waals surface area contributed by atoms with Gasteiger partial charge in [0.1, 0.15) is 29.0 Å². The number of nitrogens with zero attached hydrogens (tertiary/aromatic N) is 2. The highest BCUT2D eigenvalue weighted by atomic mass is 35.5. The first kappa shape index (κ1) is 19.7. The van der Waals surface area contributed by atoms with Crippen LogP contribution in [0, 0.1) is 0 Å². The molecule has 4 rings (SSSR count). The average molecular weight is 442 g/mol. The van der Waals surface area contributed by atoms with Gasteiger partial charge in [0.2, 0.25) is 5.88 Å². The highest BCUT2D eigenvalue weighted by molar-refractivity contribution is 7.92. The smallest absolute Gasteiger partial charge is 0.265 e. The van der Waals surface area contributed by atoms with Gasteiger partial charge in [-0.25, -0.2) is 17.8 Å². The molecule has 154 valence electrons. The van der Waals surface area contributed by atoms with Gasteiger partial charge in [-0.05, 0) is 24.3 Å². The van der Waals surface area contributed by atoms with Crippen molar-refractivity contribution in [3.63, 3.8) is 0 Å². The topological polar surface area (TPSA) is 97.8 Å². The molecule has 1 aromatic carbocycles. The fourth-order valence-electron chi connectivity index (χ4n) is 3.44. The summed E-state index contributed by atoms with van der Waals surface area (Å²) in [6, 6.07) is 5.15. The third-order valence-corrected chi connectivity index (χ3v) is 6.42. The minimum atomic E-state index is -4.08. The molecule has 0 saturated carbocycles. The maximum Gasteiger partial charge on any atom is 0.265 e. The van der Waals surface area contributed by atoms with E-state index in [0.717, 1.165) is 0 Å². The van der Waals surface area contributed by atoms with Crippen LogP contribution in [0.1, 0.15) is 16.8 Å². The predicted molar refractivity (Wildman–Crippen MR) is 103 cm³/mol. The zero-order valence-corrected chi connectivity index (χ0v) is 16.8. The molecule has 1 saturated heterocycles. The number of amides is 1. The second-order valence-electron chi connectivity index (χ2n) is 6.73. The van der Waals surface area contributed by atoms with Gasteiger partial charge in [-0.3, -0.25) is 9.52 Å². The van der Waals surface area contributed by atoms with Gasteiger partial charge in [-0.15, -0.1) is 0 Å². The number of hydrogen-bond acceptors (Lipinski definition) is 6. The lowest BCUT2D eigenvalue weighted by atomic mass is 10.2. The molecule has 2 aromatic rings. The summed E-state index contributed by atoms with van der Waals surface area (Å²) in [6.45, 7) is 0.110. The Morgan fingerprint density at radius 1 is 1.38 bits per heavy atom. The summed E-state index contributed by atoms with van der Waals surface area (Å²) in [7, 11) is -2.74. The van der Waals surface area contributed by atoms with Crippen LogP contribution in [-0.4, -0.2) is 56.7 Å². The van der Waals surface area contributed by atoms with E-state index >= 15 is 0 Å². The van der Waals surface area contributed by atoms with Gasteiger partial charge in [0.15, 0.2) is 0 Å². The molecular formula is C18H17ClFN3O5S. The maximum absolute atomic E-state index is 13.7. The van der Waals surface area contributed by atoms with Gasteiger partial charge < -0.3 is 14.4 Å². The first-order chi connectivity index (χ1) is 13.8. The van der Waals surface area contributed by atoms with E-state index in [9.17, 15) is 17.6 Å². The van der Waals surface area contributed by atoms with Gasteiger partial charge in [-0.1, -0.05) is 11.6 Å². The lowest BCUT2D eigenvalue weighted by molar-refractivity contribution is 0.0720. The third kappa shape index (κ3) is 3.69. The number of fused-ring (bicyclic) bond motifs is 2. The number of alkyl halides is 1. The number of carbonyl (C=O) groups excluding carboxylic acids is 1. The van der Waals surface area contributed by atoms with E-state index in [-0.39, 0.29) is 58.4 Å². The number of methoxy groups -OCH3 is 1. The summed E-state index contributed by atoms with van der Waals surface area (Å²) in [5, 5.41) is 0.218. The van der Waals surface area contributed by atoms with E-state index in [1.807, 2.05) is 0 Å². The Morgan fingerprint density at radius 2 is 2.17 bits per heavy atom. The minimum Gasteiger partial charge on any atom is -0.495 e. The Morgan fingerprint density at radius 3 is 2.93 bits per heavy atom. The summed E-state index contributed by atoms with van der Waals surface area (Å²) >= 11 is 5.92. The maximum atomic E-state index is 13.7. The van der Waals surface area contributed by atoms with Gasteiger partial charge >= 0.3 is 0 Å². The number of rotatable bonds is 4. The van der Waals surface area contributed by atoms with Gasteiger partial charge in [-0.2, -0.15) is 0 Å². The summed E-state index contributed by atoms with van der Waals surface area (Å²) in [4.78, 5) is 18.1. The van der Waals surface area contributed by atoms with Crippen LogP contribution in [0.4, 0.5) is 10.1 Å². The van der Waals surface area contributed by atoms with Crippen LogP contribution >= 0.6 is 11.6 Å². The number of benzene rings is 1. The summed E-state index contributed by atoms with van der Waals surface area (Å²) in [5.74, 6) is -0.252. The highest BCUT2D eigenvalue weighted by Crippen LogP contribution is 2.32. The zero-order valence-electron chi connectivity index (χ0n) is 15.3. The Bertz CT molecular complexity index is 1080. The van der Waals surface area contributed by atoms with Crippen LogP contribution < -0.4 is 14.2 Å². The molecule has 29 heavy (non-hydrogen) atoms. The van der Waals surface area contributed by atoms with E-state index in [1.165, 1.54) is 42.5 Å². The highest BCUT2D eigenvalue weighted by Gasteiger charge is 2.39. The van der Waals surface area contributed by atoms with Crippen molar-refractivity contribution >= 4 is 33.2 Å². The van der Waals surface area contributed by atoms with Crippen LogP contribution in [-0.2, 0) is 10.0 Å². The number of sulfonamides is 1. The molecule has 0 spiro atoms. The van der Waals surface area contributed by atoms with E-state index in [0.29, 0.717) is 0 Å². The number of pyridine rings is 1. The summed E-state index contributed by atoms with van der Waals surface area (Å²) in [6.07, 6.45) is 0.335. The average Bonchev–Trinajstić information content (AvgIpc) is 3.01. The van der Waals surface area contributed by atoms with E-state index in [2.05, 4.69) is 9.71 Å². The molecule has 1 amide bonds. The molecule has 1 N–H and O–H groups in total. The monoisotopic (exact) mass is 441 g/mol. The number of carbonyl (C=O) groups is 1. The SMILES string of the molecule is COc1ccc(Cl)cc1S(=O)(=O)Nc1cnc2c(c1)C(=O)N1C[C@@H](F)C[C@@H]1CO2. The number of anilines is 1. The Hall–Kier alpha value is -2.59.